The summed E-state index contributed by atoms with van der Waals surface area (Å²) in [5, 5.41) is 13.7. The van der Waals surface area contributed by atoms with Crippen molar-refractivity contribution in [2.75, 3.05) is 26.3 Å². The van der Waals surface area contributed by atoms with Crippen LogP contribution in [-0.2, 0) is 14.8 Å². The highest BCUT2D eigenvalue weighted by Gasteiger charge is 2.35. The summed E-state index contributed by atoms with van der Waals surface area (Å²) in [7, 11) is -3.52. The average Bonchev–Trinajstić information content (AvgIpc) is 3.14. The molecule has 4 rings (SSSR count). The van der Waals surface area contributed by atoms with Gasteiger partial charge in [0.1, 0.15) is 4.21 Å². The molecule has 0 bridgehead atoms. The van der Waals surface area contributed by atoms with Crippen molar-refractivity contribution in [3.63, 3.8) is 0 Å². The van der Waals surface area contributed by atoms with Gasteiger partial charge in [-0.15, -0.1) is 21.5 Å². The van der Waals surface area contributed by atoms with Gasteiger partial charge in [-0.05, 0) is 29.2 Å². The van der Waals surface area contributed by atoms with Gasteiger partial charge in [0, 0.05) is 13.1 Å². The van der Waals surface area contributed by atoms with Gasteiger partial charge in [-0.2, -0.15) is 9.52 Å². The summed E-state index contributed by atoms with van der Waals surface area (Å²) in [4.78, 5) is 0.684. The number of aromatic nitrogens is 4. The molecule has 1 saturated carbocycles. The lowest BCUT2D eigenvalue weighted by Crippen LogP contribution is -2.38. The number of tetrazole rings is 1. The van der Waals surface area contributed by atoms with E-state index in [1.807, 2.05) is 0 Å². The molecule has 0 amide bonds. The number of hydrogen-bond donors (Lipinski definition) is 1. The molecule has 24 heavy (non-hydrogen) atoms. The van der Waals surface area contributed by atoms with Gasteiger partial charge in [0.05, 0.1) is 18.1 Å². The summed E-state index contributed by atoms with van der Waals surface area (Å²) >= 11 is 1.17. The summed E-state index contributed by atoms with van der Waals surface area (Å²) in [6.07, 6.45) is 3.61. The third-order valence-corrected chi connectivity index (χ3v) is 8.23. The molecule has 2 aliphatic rings. The average molecular weight is 369 g/mol. The predicted octanol–water partition coefficient (Wildman–Crippen LogP) is 1.37. The van der Waals surface area contributed by atoms with Crippen molar-refractivity contribution < 1.29 is 13.2 Å². The van der Waals surface area contributed by atoms with Gasteiger partial charge in [-0.1, -0.05) is 19.3 Å². The molecule has 1 saturated heterocycles. The molecular formula is C14H19N5O3S2. The van der Waals surface area contributed by atoms with Crippen molar-refractivity contribution in [2.24, 2.45) is 11.8 Å². The summed E-state index contributed by atoms with van der Waals surface area (Å²) in [6, 6.07) is 3.34. The number of H-pyrrole nitrogens is 1. The van der Waals surface area contributed by atoms with E-state index in [-0.39, 0.29) is 0 Å². The van der Waals surface area contributed by atoms with Gasteiger partial charge in [-0.3, -0.25) is 0 Å². The van der Waals surface area contributed by atoms with Crippen molar-refractivity contribution in [2.45, 2.75) is 23.5 Å². The lowest BCUT2D eigenvalue weighted by Gasteiger charge is -2.34. The van der Waals surface area contributed by atoms with E-state index in [0.29, 0.717) is 53.0 Å². The van der Waals surface area contributed by atoms with Crippen LogP contribution in [0, 0.1) is 11.8 Å². The maximum atomic E-state index is 13.0. The zero-order valence-corrected chi connectivity index (χ0v) is 14.7. The molecule has 0 spiro atoms. The van der Waals surface area contributed by atoms with Crippen LogP contribution in [0.1, 0.15) is 19.3 Å². The Hall–Kier alpha value is -1.36. The Morgan fingerprint density at radius 1 is 1.29 bits per heavy atom. The lowest BCUT2D eigenvalue weighted by atomic mass is 9.76. The van der Waals surface area contributed by atoms with Crippen LogP contribution >= 0.6 is 11.3 Å². The van der Waals surface area contributed by atoms with Crippen molar-refractivity contribution in [3.8, 4) is 10.7 Å². The minimum absolute atomic E-state index is 0.299. The lowest BCUT2D eigenvalue weighted by molar-refractivity contribution is 0.0779. The zero-order valence-electron chi connectivity index (χ0n) is 13.1. The molecular weight excluding hydrogens is 350 g/mol. The van der Waals surface area contributed by atoms with Crippen molar-refractivity contribution >= 4 is 21.4 Å². The van der Waals surface area contributed by atoms with Gasteiger partial charge in [0.15, 0.2) is 0 Å². The second-order valence-corrected chi connectivity index (χ2v) is 9.49. The first kappa shape index (κ1) is 16.1. The molecule has 3 heterocycles. The van der Waals surface area contributed by atoms with Crippen LogP contribution in [0.3, 0.4) is 0 Å². The molecule has 130 valence electrons. The Labute approximate surface area is 144 Å². The smallest absolute Gasteiger partial charge is 0.252 e. The third kappa shape index (κ3) is 2.99. The SMILES string of the molecule is O=S(=O)(c1ccc(-c2nn[nH]n2)s1)N1CCOCC(C2CCC2)C1. The highest BCUT2D eigenvalue weighted by Crippen LogP contribution is 2.36. The number of hydrogen-bond acceptors (Lipinski definition) is 7. The van der Waals surface area contributed by atoms with E-state index < -0.39 is 10.0 Å². The maximum absolute atomic E-state index is 13.0. The molecule has 2 aromatic heterocycles. The normalized spacial score (nSPS) is 23.8. The summed E-state index contributed by atoms with van der Waals surface area (Å²) in [5.74, 6) is 1.31. The molecule has 10 heteroatoms. The Morgan fingerprint density at radius 3 is 2.88 bits per heavy atom. The molecule has 1 atom stereocenters. The number of thiophene rings is 1. The highest BCUT2D eigenvalue weighted by molar-refractivity contribution is 7.91. The monoisotopic (exact) mass is 369 g/mol. The first-order chi connectivity index (χ1) is 11.6. The molecule has 1 unspecified atom stereocenters. The molecule has 0 aromatic carbocycles. The second kappa shape index (κ2) is 6.51. The van der Waals surface area contributed by atoms with E-state index in [1.165, 1.54) is 30.6 Å². The van der Waals surface area contributed by atoms with Gasteiger partial charge in [0.2, 0.25) is 5.82 Å². The van der Waals surface area contributed by atoms with Gasteiger partial charge < -0.3 is 4.74 Å². The Balaban J connectivity index is 1.56. The van der Waals surface area contributed by atoms with Crippen LogP contribution in [0.2, 0.25) is 0 Å². The quantitative estimate of drug-likeness (QED) is 0.873. The Morgan fingerprint density at radius 2 is 2.17 bits per heavy atom. The fourth-order valence-electron chi connectivity index (χ4n) is 3.19. The summed E-state index contributed by atoms with van der Waals surface area (Å²) < 4.78 is 33.6. The molecule has 0 radical (unpaired) electrons. The fraction of sp³-hybridized carbons (Fsp3) is 0.643. The third-order valence-electron chi connectivity index (χ3n) is 4.81. The van der Waals surface area contributed by atoms with Gasteiger partial charge in [0.25, 0.3) is 10.0 Å². The van der Waals surface area contributed by atoms with E-state index in [9.17, 15) is 8.42 Å². The molecule has 1 aliphatic heterocycles. The van der Waals surface area contributed by atoms with Crippen molar-refractivity contribution in [3.05, 3.63) is 12.1 Å². The molecule has 8 nitrogen and oxygen atoms in total. The minimum Gasteiger partial charge on any atom is -0.380 e. The zero-order chi connectivity index (χ0) is 16.6. The van der Waals surface area contributed by atoms with E-state index >= 15 is 0 Å². The second-order valence-electron chi connectivity index (χ2n) is 6.24. The molecule has 1 aliphatic carbocycles. The van der Waals surface area contributed by atoms with E-state index in [2.05, 4.69) is 20.6 Å². The summed E-state index contributed by atoms with van der Waals surface area (Å²) in [5.41, 5.74) is 0. The Kier molecular flexibility index (Phi) is 4.37. The van der Waals surface area contributed by atoms with Crippen molar-refractivity contribution in [1.82, 2.24) is 24.9 Å². The standard InChI is InChI=1S/C14H19N5O3S2/c20-24(21,13-5-4-12(23-13)14-15-17-18-16-14)19-6-7-22-9-11(8-19)10-2-1-3-10/h4-5,10-11H,1-3,6-9H2,(H,15,16,17,18). The first-order valence-electron chi connectivity index (χ1n) is 8.06. The van der Waals surface area contributed by atoms with Crippen LogP contribution in [0.25, 0.3) is 10.7 Å². The molecule has 2 aromatic rings. The number of nitrogens with zero attached hydrogens (tertiary/aromatic N) is 4. The predicted molar refractivity (Wildman–Crippen MR) is 87.9 cm³/mol. The Bertz CT molecular complexity index is 785. The van der Waals surface area contributed by atoms with E-state index in [1.54, 1.807) is 16.4 Å². The molecule has 2 fully saturated rings. The van der Waals surface area contributed by atoms with Crippen LogP contribution in [0.4, 0.5) is 0 Å². The number of rotatable bonds is 4. The van der Waals surface area contributed by atoms with Crippen LogP contribution in [-0.4, -0.2) is 59.7 Å². The van der Waals surface area contributed by atoms with Crippen LogP contribution < -0.4 is 0 Å². The maximum Gasteiger partial charge on any atom is 0.252 e. The highest BCUT2D eigenvalue weighted by atomic mass is 32.2. The van der Waals surface area contributed by atoms with Crippen LogP contribution in [0.5, 0.6) is 0 Å². The largest absolute Gasteiger partial charge is 0.380 e. The van der Waals surface area contributed by atoms with E-state index in [4.69, 9.17) is 4.74 Å². The molecule has 1 N–H and O–H groups in total. The van der Waals surface area contributed by atoms with E-state index in [0.717, 1.165) is 0 Å². The van der Waals surface area contributed by atoms with Gasteiger partial charge >= 0.3 is 0 Å². The number of nitrogens with one attached hydrogen (secondary N) is 1. The number of ether oxygens (including phenoxy) is 1. The number of aromatic amines is 1. The van der Waals surface area contributed by atoms with Crippen LogP contribution in [0.15, 0.2) is 16.3 Å². The fourth-order valence-corrected chi connectivity index (χ4v) is 6.06. The van der Waals surface area contributed by atoms with Crippen molar-refractivity contribution in [1.29, 1.82) is 0 Å². The minimum atomic E-state index is -3.52. The topological polar surface area (TPSA) is 101 Å². The van der Waals surface area contributed by atoms with Gasteiger partial charge in [-0.25, -0.2) is 8.42 Å². The first-order valence-corrected chi connectivity index (χ1v) is 10.3. The number of sulfonamides is 1. The summed E-state index contributed by atoms with van der Waals surface area (Å²) in [6.45, 7) is 2.06.